The molecular formula is C15H14ClN3O5. The van der Waals surface area contributed by atoms with Gasteiger partial charge in [0.05, 0.1) is 29.9 Å². The highest BCUT2D eigenvalue weighted by molar-refractivity contribution is 6.32. The van der Waals surface area contributed by atoms with Crippen molar-refractivity contribution in [3.63, 3.8) is 0 Å². The van der Waals surface area contributed by atoms with Crippen LogP contribution in [0.5, 0.6) is 11.5 Å². The summed E-state index contributed by atoms with van der Waals surface area (Å²) in [7, 11) is 2.91. The summed E-state index contributed by atoms with van der Waals surface area (Å²) in [5.74, 6) is 0.782. The number of hydrogen-bond acceptors (Lipinski definition) is 5. The van der Waals surface area contributed by atoms with Crippen molar-refractivity contribution in [1.82, 2.24) is 0 Å². The number of nitro groups is 1. The van der Waals surface area contributed by atoms with Crippen LogP contribution in [0, 0.1) is 10.1 Å². The highest BCUT2D eigenvalue weighted by Crippen LogP contribution is 2.35. The van der Waals surface area contributed by atoms with Gasteiger partial charge in [0, 0.05) is 23.9 Å². The van der Waals surface area contributed by atoms with Crippen molar-refractivity contribution in [2.24, 2.45) is 0 Å². The number of methoxy groups -OCH3 is 2. The second kappa shape index (κ2) is 7.51. The molecular weight excluding hydrogens is 338 g/mol. The molecule has 0 aliphatic rings. The molecule has 2 N–H and O–H groups in total. The molecule has 24 heavy (non-hydrogen) atoms. The van der Waals surface area contributed by atoms with E-state index >= 15 is 0 Å². The Morgan fingerprint density at radius 2 is 1.71 bits per heavy atom. The molecule has 0 saturated carbocycles. The van der Waals surface area contributed by atoms with E-state index in [0.717, 1.165) is 0 Å². The molecule has 0 heterocycles. The Kier molecular flexibility index (Phi) is 5.43. The van der Waals surface area contributed by atoms with Gasteiger partial charge in [-0.15, -0.1) is 0 Å². The third-order valence-corrected chi connectivity index (χ3v) is 3.35. The van der Waals surface area contributed by atoms with Crippen LogP contribution < -0.4 is 20.1 Å². The van der Waals surface area contributed by atoms with Crippen molar-refractivity contribution in [3.05, 3.63) is 51.5 Å². The molecule has 2 aromatic rings. The summed E-state index contributed by atoms with van der Waals surface area (Å²) in [6, 6.07) is 7.93. The van der Waals surface area contributed by atoms with Gasteiger partial charge in [0.25, 0.3) is 5.69 Å². The summed E-state index contributed by atoms with van der Waals surface area (Å²) in [5.41, 5.74) is 0.684. The van der Waals surface area contributed by atoms with Gasteiger partial charge in [-0.2, -0.15) is 0 Å². The molecule has 2 amide bonds. The number of non-ortho nitro benzene ring substituents is 1. The van der Waals surface area contributed by atoms with Crippen molar-refractivity contribution >= 4 is 34.7 Å². The lowest BCUT2D eigenvalue weighted by Crippen LogP contribution is -2.19. The number of benzene rings is 2. The molecule has 9 heteroatoms. The zero-order chi connectivity index (χ0) is 17.7. The van der Waals surface area contributed by atoms with Crippen molar-refractivity contribution < 1.29 is 19.2 Å². The topological polar surface area (TPSA) is 103 Å². The molecule has 2 rings (SSSR count). The first-order valence-electron chi connectivity index (χ1n) is 6.68. The van der Waals surface area contributed by atoms with Crippen LogP contribution in [0.15, 0.2) is 36.4 Å². The van der Waals surface area contributed by atoms with E-state index in [2.05, 4.69) is 10.6 Å². The van der Waals surface area contributed by atoms with E-state index in [1.54, 1.807) is 6.07 Å². The number of anilines is 2. The Morgan fingerprint density at radius 1 is 1.08 bits per heavy atom. The SMILES string of the molecule is COc1cc(OC)c(NC(=O)Nc2ccc([N+](=O)[O-])cc2)cc1Cl. The van der Waals surface area contributed by atoms with Crippen molar-refractivity contribution in [2.45, 2.75) is 0 Å². The highest BCUT2D eigenvalue weighted by Gasteiger charge is 2.13. The highest BCUT2D eigenvalue weighted by atomic mass is 35.5. The minimum absolute atomic E-state index is 0.0652. The van der Waals surface area contributed by atoms with Crippen LogP contribution in [0.1, 0.15) is 0 Å². The van der Waals surface area contributed by atoms with Crippen LogP contribution in [-0.2, 0) is 0 Å². The molecule has 0 saturated heterocycles. The number of carbonyl (C=O) groups is 1. The molecule has 126 valence electrons. The van der Waals surface area contributed by atoms with Gasteiger partial charge in [0.15, 0.2) is 0 Å². The molecule has 0 spiro atoms. The summed E-state index contributed by atoms with van der Waals surface area (Å²) in [6.07, 6.45) is 0. The van der Waals surface area contributed by atoms with Crippen LogP contribution in [0.4, 0.5) is 21.9 Å². The van der Waals surface area contributed by atoms with E-state index in [-0.39, 0.29) is 5.69 Å². The van der Waals surface area contributed by atoms with Crippen LogP contribution in [0.2, 0.25) is 5.02 Å². The van der Waals surface area contributed by atoms with Crippen molar-refractivity contribution in [3.8, 4) is 11.5 Å². The van der Waals surface area contributed by atoms with E-state index < -0.39 is 11.0 Å². The molecule has 8 nitrogen and oxygen atoms in total. The molecule has 0 aliphatic heterocycles. The predicted octanol–water partition coefficient (Wildman–Crippen LogP) is 3.91. The normalized spacial score (nSPS) is 9.96. The summed E-state index contributed by atoms with van der Waals surface area (Å²) in [4.78, 5) is 22.1. The number of urea groups is 1. The van der Waals surface area contributed by atoms with Gasteiger partial charge < -0.3 is 20.1 Å². The Bertz CT molecular complexity index is 764. The fourth-order valence-corrected chi connectivity index (χ4v) is 2.15. The predicted molar refractivity (Wildman–Crippen MR) is 90.3 cm³/mol. The number of nitro benzene ring substituents is 1. The van der Waals surface area contributed by atoms with Gasteiger partial charge >= 0.3 is 6.03 Å². The summed E-state index contributed by atoms with van der Waals surface area (Å²) < 4.78 is 10.3. The Labute approximate surface area is 142 Å². The second-order valence-electron chi connectivity index (χ2n) is 4.57. The lowest BCUT2D eigenvalue weighted by atomic mass is 10.2. The number of carbonyl (C=O) groups excluding carboxylic acids is 1. The quantitative estimate of drug-likeness (QED) is 0.628. The van der Waals surface area contributed by atoms with Crippen LogP contribution in [0.3, 0.4) is 0 Å². The van der Waals surface area contributed by atoms with Crippen LogP contribution in [0.25, 0.3) is 0 Å². The van der Waals surface area contributed by atoms with E-state index in [1.807, 2.05) is 0 Å². The third kappa shape index (κ3) is 4.05. The van der Waals surface area contributed by atoms with E-state index in [1.165, 1.54) is 44.6 Å². The van der Waals surface area contributed by atoms with Crippen molar-refractivity contribution in [2.75, 3.05) is 24.9 Å². The molecule has 0 aliphatic carbocycles. The molecule has 2 aromatic carbocycles. The number of nitrogens with one attached hydrogen (secondary N) is 2. The van der Waals surface area contributed by atoms with Gasteiger partial charge in [-0.3, -0.25) is 10.1 Å². The molecule has 0 fully saturated rings. The smallest absolute Gasteiger partial charge is 0.323 e. The molecule has 0 aromatic heterocycles. The van der Waals surface area contributed by atoms with E-state index in [4.69, 9.17) is 21.1 Å². The molecule has 0 unspecified atom stereocenters. The number of hydrogen-bond donors (Lipinski definition) is 2. The van der Waals surface area contributed by atoms with Gasteiger partial charge in [-0.05, 0) is 18.2 Å². The van der Waals surface area contributed by atoms with E-state index in [9.17, 15) is 14.9 Å². The first kappa shape index (κ1) is 17.4. The van der Waals surface area contributed by atoms with E-state index in [0.29, 0.717) is 27.9 Å². The Balaban J connectivity index is 2.12. The standard InChI is InChI=1S/C15H14ClN3O5/c1-23-13-8-14(24-2)12(7-11(13)16)18-15(20)17-9-3-5-10(6-4-9)19(21)22/h3-8H,1-2H3,(H2,17,18,20). The minimum atomic E-state index is -0.552. The summed E-state index contributed by atoms with van der Waals surface area (Å²) >= 11 is 6.03. The van der Waals surface area contributed by atoms with Gasteiger partial charge in [-0.1, -0.05) is 11.6 Å². The molecule has 0 radical (unpaired) electrons. The van der Waals surface area contributed by atoms with Gasteiger partial charge in [0.1, 0.15) is 11.5 Å². The lowest BCUT2D eigenvalue weighted by molar-refractivity contribution is -0.384. The summed E-state index contributed by atoms with van der Waals surface area (Å²) in [6.45, 7) is 0. The average molecular weight is 352 g/mol. The number of amides is 2. The number of ether oxygens (including phenoxy) is 2. The lowest BCUT2D eigenvalue weighted by Gasteiger charge is -2.13. The molecule has 0 atom stereocenters. The first-order chi connectivity index (χ1) is 11.4. The van der Waals surface area contributed by atoms with Crippen LogP contribution in [-0.4, -0.2) is 25.2 Å². The maximum Gasteiger partial charge on any atom is 0.323 e. The van der Waals surface area contributed by atoms with Crippen molar-refractivity contribution in [1.29, 1.82) is 0 Å². The van der Waals surface area contributed by atoms with Crippen LogP contribution >= 0.6 is 11.6 Å². The maximum atomic E-state index is 12.0. The fraction of sp³-hybridized carbons (Fsp3) is 0.133. The fourth-order valence-electron chi connectivity index (χ4n) is 1.91. The number of rotatable bonds is 5. The molecule has 0 bridgehead atoms. The third-order valence-electron chi connectivity index (χ3n) is 3.06. The maximum absolute atomic E-state index is 12.0. The minimum Gasteiger partial charge on any atom is -0.495 e. The van der Waals surface area contributed by atoms with Gasteiger partial charge in [-0.25, -0.2) is 4.79 Å². The number of halogens is 1. The monoisotopic (exact) mass is 351 g/mol. The second-order valence-corrected chi connectivity index (χ2v) is 4.98. The summed E-state index contributed by atoms with van der Waals surface area (Å²) in [5, 5.41) is 16.1. The Morgan fingerprint density at radius 3 is 2.25 bits per heavy atom. The zero-order valence-electron chi connectivity index (χ0n) is 12.8. The largest absolute Gasteiger partial charge is 0.495 e. The number of nitrogens with zero attached hydrogens (tertiary/aromatic N) is 1. The Hall–Kier alpha value is -3.00. The zero-order valence-corrected chi connectivity index (χ0v) is 13.6. The first-order valence-corrected chi connectivity index (χ1v) is 7.06. The van der Waals surface area contributed by atoms with Gasteiger partial charge in [0.2, 0.25) is 0 Å². The average Bonchev–Trinajstić information content (AvgIpc) is 2.55.